The number of nitrogens with one attached hydrogen (secondary N) is 1. The average Bonchev–Trinajstić information content (AvgIpc) is 2.88. The molecule has 0 bridgehead atoms. The van der Waals surface area contributed by atoms with Crippen molar-refractivity contribution in [1.82, 2.24) is 5.32 Å². The molecule has 1 aliphatic carbocycles. The third-order valence-electron chi connectivity index (χ3n) is 3.75. The molecular weight excluding hydrogens is 238 g/mol. The van der Waals surface area contributed by atoms with Crippen molar-refractivity contribution in [2.45, 2.75) is 32.2 Å². The van der Waals surface area contributed by atoms with Gasteiger partial charge >= 0.3 is 0 Å². The molecule has 1 heterocycles. The largest absolute Gasteiger partial charge is 0.469 e. The van der Waals surface area contributed by atoms with Crippen LogP contribution in [0.2, 0.25) is 0 Å². The summed E-state index contributed by atoms with van der Waals surface area (Å²) in [4.78, 5) is 12.3. The standard InChI is InChI=1S/C16H17NO2/c1-11-5-2-3-6-12(11)16(18)17-14-7-4-8-15-13(14)9-10-19-15/h2-3,5-6,9-10,14H,4,7-8H2,1H3,(H,17,18)/t14-/m0/s1. The van der Waals surface area contributed by atoms with E-state index in [1.165, 1.54) is 0 Å². The van der Waals surface area contributed by atoms with E-state index in [9.17, 15) is 4.79 Å². The van der Waals surface area contributed by atoms with Gasteiger partial charge in [-0.25, -0.2) is 0 Å². The van der Waals surface area contributed by atoms with Crippen molar-refractivity contribution in [2.24, 2.45) is 0 Å². The second kappa shape index (κ2) is 4.92. The Bertz CT molecular complexity index is 600. The molecule has 98 valence electrons. The smallest absolute Gasteiger partial charge is 0.252 e. The highest BCUT2D eigenvalue weighted by molar-refractivity contribution is 5.95. The topological polar surface area (TPSA) is 42.2 Å². The van der Waals surface area contributed by atoms with Crippen molar-refractivity contribution < 1.29 is 9.21 Å². The summed E-state index contributed by atoms with van der Waals surface area (Å²) in [5.74, 6) is 1.01. The molecule has 1 amide bonds. The van der Waals surface area contributed by atoms with Crippen LogP contribution in [0, 0.1) is 6.92 Å². The maximum atomic E-state index is 12.3. The van der Waals surface area contributed by atoms with E-state index in [-0.39, 0.29) is 11.9 Å². The number of carbonyl (C=O) groups is 1. The van der Waals surface area contributed by atoms with Crippen LogP contribution in [0.25, 0.3) is 0 Å². The maximum absolute atomic E-state index is 12.3. The first-order valence-electron chi connectivity index (χ1n) is 6.68. The Kier molecular flexibility index (Phi) is 3.11. The zero-order chi connectivity index (χ0) is 13.2. The van der Waals surface area contributed by atoms with Crippen LogP contribution in [0.5, 0.6) is 0 Å². The van der Waals surface area contributed by atoms with E-state index in [0.717, 1.165) is 41.7 Å². The Hall–Kier alpha value is -2.03. The quantitative estimate of drug-likeness (QED) is 0.893. The number of rotatable bonds is 2. The number of fused-ring (bicyclic) bond motifs is 1. The molecule has 1 aromatic heterocycles. The normalized spacial score (nSPS) is 17.8. The van der Waals surface area contributed by atoms with Gasteiger partial charge in [0.25, 0.3) is 5.91 Å². The summed E-state index contributed by atoms with van der Waals surface area (Å²) in [6, 6.07) is 9.71. The molecule has 0 aliphatic heterocycles. The lowest BCUT2D eigenvalue weighted by atomic mass is 9.93. The molecular formula is C16H17NO2. The molecule has 1 N–H and O–H groups in total. The zero-order valence-electron chi connectivity index (χ0n) is 11.0. The molecule has 3 heteroatoms. The van der Waals surface area contributed by atoms with Crippen LogP contribution < -0.4 is 5.32 Å². The van der Waals surface area contributed by atoms with E-state index in [2.05, 4.69) is 5.32 Å². The van der Waals surface area contributed by atoms with Crippen molar-refractivity contribution in [3.05, 3.63) is 59.0 Å². The number of furan rings is 1. The SMILES string of the molecule is Cc1ccccc1C(=O)N[C@H]1CCCc2occc21. The number of benzene rings is 1. The molecule has 3 nitrogen and oxygen atoms in total. The molecule has 0 saturated heterocycles. The zero-order valence-corrected chi connectivity index (χ0v) is 11.0. The van der Waals surface area contributed by atoms with Crippen molar-refractivity contribution in [3.8, 4) is 0 Å². The van der Waals surface area contributed by atoms with Gasteiger partial charge in [0.1, 0.15) is 5.76 Å². The lowest BCUT2D eigenvalue weighted by Gasteiger charge is -2.23. The fourth-order valence-electron chi connectivity index (χ4n) is 2.70. The number of hydrogen-bond donors (Lipinski definition) is 1. The van der Waals surface area contributed by atoms with Crippen LogP contribution in [0.15, 0.2) is 41.0 Å². The fourth-order valence-corrected chi connectivity index (χ4v) is 2.70. The van der Waals surface area contributed by atoms with Crippen LogP contribution in [-0.2, 0) is 6.42 Å². The summed E-state index contributed by atoms with van der Waals surface area (Å²) in [5.41, 5.74) is 2.88. The molecule has 0 fully saturated rings. The Labute approximate surface area is 112 Å². The van der Waals surface area contributed by atoms with Crippen LogP contribution in [-0.4, -0.2) is 5.91 Å². The second-order valence-electron chi connectivity index (χ2n) is 5.03. The van der Waals surface area contributed by atoms with E-state index >= 15 is 0 Å². The average molecular weight is 255 g/mol. The van der Waals surface area contributed by atoms with Gasteiger partial charge in [-0.2, -0.15) is 0 Å². The summed E-state index contributed by atoms with van der Waals surface area (Å²) >= 11 is 0. The van der Waals surface area contributed by atoms with Gasteiger partial charge in [0.2, 0.25) is 0 Å². The van der Waals surface area contributed by atoms with Gasteiger partial charge in [0, 0.05) is 17.5 Å². The van der Waals surface area contributed by atoms with Gasteiger partial charge < -0.3 is 9.73 Å². The highest BCUT2D eigenvalue weighted by Gasteiger charge is 2.24. The first-order chi connectivity index (χ1) is 9.25. The van der Waals surface area contributed by atoms with E-state index in [0.29, 0.717) is 0 Å². The second-order valence-corrected chi connectivity index (χ2v) is 5.03. The third kappa shape index (κ3) is 2.28. The lowest BCUT2D eigenvalue weighted by molar-refractivity contribution is 0.0931. The highest BCUT2D eigenvalue weighted by atomic mass is 16.3. The molecule has 0 saturated carbocycles. The number of carbonyl (C=O) groups excluding carboxylic acids is 1. The van der Waals surface area contributed by atoms with Gasteiger partial charge in [-0.15, -0.1) is 0 Å². The van der Waals surface area contributed by atoms with Gasteiger partial charge in [0.15, 0.2) is 0 Å². The van der Waals surface area contributed by atoms with E-state index in [1.807, 2.05) is 37.3 Å². The number of aryl methyl sites for hydroxylation is 2. The summed E-state index contributed by atoms with van der Waals surface area (Å²) in [6.07, 6.45) is 4.71. The van der Waals surface area contributed by atoms with Crippen molar-refractivity contribution in [1.29, 1.82) is 0 Å². The molecule has 1 aliphatic rings. The predicted molar refractivity (Wildman–Crippen MR) is 73.0 cm³/mol. The summed E-state index contributed by atoms with van der Waals surface area (Å²) in [7, 11) is 0. The molecule has 1 aromatic carbocycles. The minimum Gasteiger partial charge on any atom is -0.469 e. The summed E-state index contributed by atoms with van der Waals surface area (Å²) in [6.45, 7) is 1.96. The molecule has 1 atom stereocenters. The van der Waals surface area contributed by atoms with Crippen molar-refractivity contribution >= 4 is 5.91 Å². The molecule has 0 unspecified atom stereocenters. The van der Waals surface area contributed by atoms with Crippen molar-refractivity contribution in [3.63, 3.8) is 0 Å². The van der Waals surface area contributed by atoms with Crippen LogP contribution >= 0.6 is 0 Å². The van der Waals surface area contributed by atoms with E-state index in [1.54, 1.807) is 6.26 Å². The number of amides is 1. The minimum atomic E-state index is -0.00264. The molecule has 0 spiro atoms. The Morgan fingerprint density at radius 2 is 2.16 bits per heavy atom. The molecule has 3 rings (SSSR count). The number of hydrogen-bond acceptors (Lipinski definition) is 2. The van der Waals surface area contributed by atoms with Gasteiger partial charge in [-0.05, 0) is 37.5 Å². The van der Waals surface area contributed by atoms with Gasteiger partial charge in [-0.1, -0.05) is 18.2 Å². The monoisotopic (exact) mass is 255 g/mol. The molecule has 0 radical (unpaired) electrons. The molecule has 19 heavy (non-hydrogen) atoms. The Morgan fingerprint density at radius 1 is 1.32 bits per heavy atom. The lowest BCUT2D eigenvalue weighted by Crippen LogP contribution is -2.30. The maximum Gasteiger partial charge on any atom is 0.252 e. The summed E-state index contributed by atoms with van der Waals surface area (Å²) < 4.78 is 5.45. The third-order valence-corrected chi connectivity index (χ3v) is 3.75. The van der Waals surface area contributed by atoms with Gasteiger partial charge in [-0.3, -0.25) is 4.79 Å². The van der Waals surface area contributed by atoms with Crippen LogP contribution in [0.1, 0.15) is 46.1 Å². The van der Waals surface area contributed by atoms with E-state index in [4.69, 9.17) is 4.42 Å². The van der Waals surface area contributed by atoms with Crippen molar-refractivity contribution in [2.75, 3.05) is 0 Å². The minimum absolute atomic E-state index is 0.00264. The predicted octanol–water partition coefficient (Wildman–Crippen LogP) is 3.40. The Balaban J connectivity index is 1.80. The first kappa shape index (κ1) is 12.0. The van der Waals surface area contributed by atoms with Gasteiger partial charge in [0.05, 0.1) is 12.3 Å². The van der Waals surface area contributed by atoms with Crippen LogP contribution in [0.4, 0.5) is 0 Å². The van der Waals surface area contributed by atoms with E-state index < -0.39 is 0 Å². The summed E-state index contributed by atoms with van der Waals surface area (Å²) in [5, 5.41) is 3.12. The highest BCUT2D eigenvalue weighted by Crippen LogP contribution is 2.30. The fraction of sp³-hybridized carbons (Fsp3) is 0.312. The molecule has 2 aromatic rings. The Morgan fingerprint density at radius 3 is 3.00 bits per heavy atom. The first-order valence-corrected chi connectivity index (χ1v) is 6.68. The van der Waals surface area contributed by atoms with Crippen LogP contribution in [0.3, 0.4) is 0 Å².